The van der Waals surface area contributed by atoms with Crippen molar-refractivity contribution in [1.29, 1.82) is 0 Å². The van der Waals surface area contributed by atoms with Crippen molar-refractivity contribution in [1.82, 2.24) is 30.3 Å². The first-order valence-electron chi connectivity index (χ1n) is 11.0. The molecule has 190 valence electrons. The summed E-state index contributed by atoms with van der Waals surface area (Å²) in [5.41, 5.74) is 2.62. The highest BCUT2D eigenvalue weighted by Crippen LogP contribution is 2.34. The maximum atomic E-state index is 13.1. The van der Waals surface area contributed by atoms with E-state index >= 15 is 0 Å². The zero-order chi connectivity index (χ0) is 26.8. The first kappa shape index (κ1) is 25.8. The minimum atomic E-state index is -0.582. The lowest BCUT2D eigenvalue weighted by atomic mass is 10.1. The molecule has 5 rings (SSSR count). The van der Waals surface area contributed by atoms with E-state index in [0.29, 0.717) is 22.2 Å². The molecule has 0 bridgehead atoms. The van der Waals surface area contributed by atoms with Crippen LogP contribution in [0.25, 0.3) is 28.7 Å². The fourth-order valence-corrected chi connectivity index (χ4v) is 4.48. The van der Waals surface area contributed by atoms with Gasteiger partial charge in [-0.05, 0) is 61.1 Å². The van der Waals surface area contributed by atoms with Crippen molar-refractivity contribution < 1.29 is 9.21 Å². The molecule has 0 aliphatic carbocycles. The number of anilines is 1. The molecule has 0 saturated heterocycles. The van der Waals surface area contributed by atoms with Gasteiger partial charge < -0.3 is 9.73 Å². The van der Waals surface area contributed by atoms with Crippen LogP contribution in [0, 0.1) is 6.92 Å². The Morgan fingerprint density at radius 1 is 1.00 bits per heavy atom. The largest absolute Gasteiger partial charge is 0.416 e. The van der Waals surface area contributed by atoms with Crippen LogP contribution in [-0.2, 0) is 0 Å². The van der Waals surface area contributed by atoms with Gasteiger partial charge in [-0.15, -0.1) is 10.2 Å². The monoisotopic (exact) mass is 583 g/mol. The number of nitrogens with one attached hydrogen (secondary N) is 2. The molecule has 0 fully saturated rings. The number of carbonyl (C=O) groups excluding carboxylic acids is 1. The molecule has 1 amide bonds. The van der Waals surface area contributed by atoms with Gasteiger partial charge in [0.25, 0.3) is 5.91 Å². The molecule has 0 saturated carbocycles. The first-order valence-corrected chi connectivity index (χ1v) is 12.5. The van der Waals surface area contributed by atoms with Crippen molar-refractivity contribution in [3.05, 3.63) is 93.3 Å². The number of aromatic nitrogens is 5. The first-order chi connectivity index (χ1) is 18.3. The Morgan fingerprint density at radius 3 is 2.53 bits per heavy atom. The van der Waals surface area contributed by atoms with Crippen LogP contribution in [0.1, 0.15) is 16.1 Å². The fourth-order valence-electron chi connectivity index (χ4n) is 3.63. The molecule has 3 heterocycles. The van der Waals surface area contributed by atoms with Crippen molar-refractivity contribution in [3.8, 4) is 28.7 Å². The molecule has 9 nitrogen and oxygen atoms in total. The zero-order valence-corrected chi connectivity index (χ0v) is 22.5. The Morgan fingerprint density at radius 2 is 1.76 bits per heavy atom. The molecular weight excluding hydrogens is 569 g/mol. The second-order valence-electron chi connectivity index (χ2n) is 7.90. The van der Waals surface area contributed by atoms with Crippen LogP contribution < -0.4 is 10.6 Å². The molecule has 5 aromatic rings. The predicted molar refractivity (Wildman–Crippen MR) is 150 cm³/mol. The van der Waals surface area contributed by atoms with Gasteiger partial charge in [0.1, 0.15) is 5.69 Å². The summed E-state index contributed by atoms with van der Waals surface area (Å²) in [6.07, 6.45) is 1.52. The van der Waals surface area contributed by atoms with Gasteiger partial charge in [0.15, 0.2) is 16.1 Å². The lowest BCUT2D eigenvalue weighted by Gasteiger charge is -2.15. The number of hydrogen-bond acceptors (Lipinski definition) is 7. The average Bonchev–Trinajstić information content (AvgIpc) is 3.53. The number of benzene rings is 2. The highest BCUT2D eigenvalue weighted by molar-refractivity contribution is 7.80. The molecule has 38 heavy (non-hydrogen) atoms. The Bertz CT molecular complexity index is 1670. The van der Waals surface area contributed by atoms with Crippen LogP contribution in [-0.4, -0.2) is 36.0 Å². The quantitative estimate of drug-likeness (QED) is 0.229. The third-order valence-electron chi connectivity index (χ3n) is 5.29. The number of amides is 1. The fraction of sp³-hybridized carbons (Fsp3) is 0.0400. The Balaban J connectivity index is 1.41. The number of aryl methyl sites for hydroxylation is 1. The lowest BCUT2D eigenvalue weighted by molar-refractivity contribution is 0.0970. The van der Waals surface area contributed by atoms with E-state index in [1.54, 1.807) is 24.3 Å². The van der Waals surface area contributed by atoms with E-state index in [0.717, 1.165) is 11.1 Å². The van der Waals surface area contributed by atoms with Gasteiger partial charge in [0.05, 0.1) is 16.3 Å². The van der Waals surface area contributed by atoms with E-state index in [9.17, 15) is 4.79 Å². The summed E-state index contributed by atoms with van der Waals surface area (Å²) in [6.45, 7) is 1.83. The van der Waals surface area contributed by atoms with E-state index in [-0.39, 0.29) is 32.7 Å². The van der Waals surface area contributed by atoms with E-state index in [1.165, 1.54) is 16.9 Å². The molecule has 2 aromatic carbocycles. The molecule has 0 unspecified atom stereocenters. The summed E-state index contributed by atoms with van der Waals surface area (Å²) in [5, 5.41) is 19.0. The van der Waals surface area contributed by atoms with Gasteiger partial charge in [-0.25, -0.2) is 9.67 Å². The van der Waals surface area contributed by atoms with Crippen molar-refractivity contribution in [2.75, 3.05) is 5.32 Å². The summed E-state index contributed by atoms with van der Waals surface area (Å²) < 4.78 is 7.16. The van der Waals surface area contributed by atoms with Crippen molar-refractivity contribution >= 4 is 63.7 Å². The van der Waals surface area contributed by atoms with Gasteiger partial charge in [-0.2, -0.15) is 5.10 Å². The van der Waals surface area contributed by atoms with E-state index in [4.69, 9.17) is 51.4 Å². The summed E-state index contributed by atoms with van der Waals surface area (Å²) >= 11 is 24.1. The van der Waals surface area contributed by atoms with Crippen molar-refractivity contribution in [2.24, 2.45) is 0 Å². The smallest absolute Gasteiger partial charge is 0.276 e. The van der Waals surface area contributed by atoms with Crippen LogP contribution >= 0.6 is 47.0 Å². The predicted octanol–water partition coefficient (Wildman–Crippen LogP) is 6.38. The topological polar surface area (TPSA) is 111 Å². The van der Waals surface area contributed by atoms with Crippen LogP contribution in [0.3, 0.4) is 0 Å². The maximum absolute atomic E-state index is 13.1. The van der Waals surface area contributed by atoms with Gasteiger partial charge in [0, 0.05) is 22.8 Å². The van der Waals surface area contributed by atoms with Crippen molar-refractivity contribution in [2.45, 2.75) is 6.92 Å². The highest BCUT2D eigenvalue weighted by Gasteiger charge is 2.22. The lowest BCUT2D eigenvalue weighted by Crippen LogP contribution is -2.35. The van der Waals surface area contributed by atoms with Gasteiger partial charge in [0.2, 0.25) is 11.8 Å². The summed E-state index contributed by atoms with van der Waals surface area (Å²) in [7, 11) is 0. The summed E-state index contributed by atoms with van der Waals surface area (Å²) in [6, 6.07) is 17.4. The van der Waals surface area contributed by atoms with Gasteiger partial charge in [-0.3, -0.25) is 10.1 Å². The molecule has 0 aliphatic heterocycles. The van der Waals surface area contributed by atoms with Gasteiger partial charge >= 0.3 is 0 Å². The minimum absolute atomic E-state index is 0.000427. The summed E-state index contributed by atoms with van der Waals surface area (Å²) in [5.74, 6) is 0.228. The molecule has 13 heteroatoms. The Kier molecular flexibility index (Phi) is 7.39. The van der Waals surface area contributed by atoms with Crippen LogP contribution in [0.15, 0.2) is 71.3 Å². The number of pyridine rings is 1. The second-order valence-corrected chi connectivity index (χ2v) is 9.54. The molecule has 0 spiro atoms. The third-order valence-corrected chi connectivity index (χ3v) is 6.20. The van der Waals surface area contributed by atoms with E-state index in [1.807, 2.05) is 37.3 Å². The van der Waals surface area contributed by atoms with Crippen LogP contribution in [0.2, 0.25) is 15.2 Å². The number of thiocarbonyl (C=S) groups is 1. The minimum Gasteiger partial charge on any atom is -0.416 e. The highest BCUT2D eigenvalue weighted by atomic mass is 35.5. The molecule has 3 aromatic heterocycles. The second kappa shape index (κ2) is 10.9. The zero-order valence-electron chi connectivity index (χ0n) is 19.4. The van der Waals surface area contributed by atoms with Gasteiger partial charge in [-0.1, -0.05) is 53.0 Å². The Labute approximate surface area is 236 Å². The van der Waals surface area contributed by atoms with Crippen LogP contribution in [0.5, 0.6) is 0 Å². The number of nitrogens with zero attached hydrogens (tertiary/aromatic N) is 5. The third kappa shape index (κ3) is 5.39. The normalized spacial score (nSPS) is 10.8. The molecule has 0 atom stereocenters. The van der Waals surface area contributed by atoms with E-state index in [2.05, 4.69) is 30.9 Å². The molecule has 0 radical (unpaired) electrons. The molecular formula is C25H16Cl3N7O2S. The number of carbonyl (C=O) groups is 1. The SMILES string of the molecule is Cc1cc(Cl)cc(-c2nnc(-c3ccccc3)o2)c1NC(=S)NC(=O)c1cc(Cl)nn1-c1ncccc1Cl. The molecule has 2 N–H and O–H groups in total. The standard InChI is InChI=1S/C25H16Cl3N7O2S/c1-13-10-15(26)11-16(24-33-32-23(37-24)14-6-3-2-4-7-14)20(13)30-25(38)31-22(36)18-12-19(28)34-35(18)21-17(27)8-5-9-29-21/h2-12H,1H3,(H2,30,31,36,38). The number of rotatable bonds is 5. The molecule has 0 aliphatic rings. The van der Waals surface area contributed by atoms with E-state index < -0.39 is 5.91 Å². The maximum Gasteiger partial charge on any atom is 0.276 e. The number of hydrogen-bond donors (Lipinski definition) is 2. The number of halogens is 3. The average molecular weight is 585 g/mol. The van der Waals surface area contributed by atoms with Crippen molar-refractivity contribution in [3.63, 3.8) is 0 Å². The summed E-state index contributed by atoms with van der Waals surface area (Å²) in [4.78, 5) is 17.3. The van der Waals surface area contributed by atoms with Crippen LogP contribution in [0.4, 0.5) is 5.69 Å². The Hall–Kier alpha value is -3.83.